The van der Waals surface area contributed by atoms with Crippen molar-refractivity contribution in [3.8, 4) is 0 Å². The Morgan fingerprint density at radius 2 is 2.18 bits per heavy atom. The highest BCUT2D eigenvalue weighted by Crippen LogP contribution is 1.97. The molecule has 0 fully saturated rings. The van der Waals surface area contributed by atoms with E-state index in [0.717, 1.165) is 5.69 Å². The Morgan fingerprint density at radius 1 is 1.53 bits per heavy atom. The van der Waals surface area contributed by atoms with Crippen molar-refractivity contribution in [1.82, 2.24) is 10.3 Å². The summed E-state index contributed by atoms with van der Waals surface area (Å²) in [6.07, 6.45) is 1.42. The van der Waals surface area contributed by atoms with Gasteiger partial charge >= 0.3 is 0 Å². The number of hydrogen-bond acceptors (Lipinski definition) is 3. The summed E-state index contributed by atoms with van der Waals surface area (Å²) < 4.78 is 0. The molecule has 5 nitrogen and oxygen atoms in total. The summed E-state index contributed by atoms with van der Waals surface area (Å²) in [5, 5.41) is 2.66. The first-order valence-corrected chi connectivity index (χ1v) is 5.65. The number of amides is 1. The fraction of sp³-hybridized carbons (Fsp3) is 0.500. The van der Waals surface area contributed by atoms with Gasteiger partial charge in [-0.3, -0.25) is 9.59 Å². The molecule has 1 aromatic heterocycles. The Bertz CT molecular complexity index is 451. The van der Waals surface area contributed by atoms with Crippen LogP contribution in [0.25, 0.3) is 0 Å². The van der Waals surface area contributed by atoms with Crippen LogP contribution in [-0.4, -0.2) is 23.5 Å². The lowest BCUT2D eigenvalue weighted by Gasteiger charge is -2.15. The number of aromatic amines is 1. The van der Waals surface area contributed by atoms with Gasteiger partial charge in [-0.05, 0) is 12.8 Å². The second kappa shape index (κ2) is 5.63. The van der Waals surface area contributed by atoms with Crippen LogP contribution in [0.3, 0.4) is 0 Å². The summed E-state index contributed by atoms with van der Waals surface area (Å²) in [4.78, 5) is 26.1. The van der Waals surface area contributed by atoms with E-state index >= 15 is 0 Å². The number of H-pyrrole nitrogens is 1. The van der Waals surface area contributed by atoms with E-state index in [1.165, 1.54) is 12.3 Å². The summed E-state index contributed by atoms with van der Waals surface area (Å²) in [6, 6.07) is 1.29. The number of nitrogens with two attached hydrogens (primary N) is 1. The molecule has 1 aromatic rings. The molecule has 17 heavy (non-hydrogen) atoms. The van der Waals surface area contributed by atoms with Gasteiger partial charge in [0.25, 0.3) is 5.91 Å². The molecule has 0 aliphatic rings. The zero-order chi connectivity index (χ0) is 13.0. The van der Waals surface area contributed by atoms with E-state index < -0.39 is 0 Å². The molecule has 0 saturated heterocycles. The topological polar surface area (TPSA) is 88.0 Å². The van der Waals surface area contributed by atoms with Crippen LogP contribution in [-0.2, 0) is 0 Å². The van der Waals surface area contributed by atoms with Gasteiger partial charge in [0.2, 0.25) is 0 Å². The van der Waals surface area contributed by atoms with Gasteiger partial charge in [0.1, 0.15) is 5.56 Å². The average molecular weight is 237 g/mol. The molecule has 4 N–H and O–H groups in total. The Morgan fingerprint density at radius 3 is 2.71 bits per heavy atom. The lowest BCUT2D eigenvalue weighted by molar-refractivity contribution is 0.0948. The standard InChI is InChI=1S/C12H19N3O2/c1-7(2)10(13)6-15-12(17)9-5-14-8(3)4-11(9)16/h4-5,7,10H,6,13H2,1-3H3,(H,14,16)(H,15,17). The van der Waals surface area contributed by atoms with E-state index in [-0.39, 0.29) is 28.9 Å². The maximum Gasteiger partial charge on any atom is 0.256 e. The van der Waals surface area contributed by atoms with Crippen LogP contribution in [0.2, 0.25) is 0 Å². The van der Waals surface area contributed by atoms with Gasteiger partial charge in [0, 0.05) is 30.5 Å². The number of nitrogens with one attached hydrogen (secondary N) is 2. The molecule has 94 valence electrons. The number of aromatic nitrogens is 1. The quantitative estimate of drug-likeness (QED) is 0.708. The van der Waals surface area contributed by atoms with Crippen molar-refractivity contribution in [2.75, 3.05) is 6.54 Å². The van der Waals surface area contributed by atoms with E-state index in [1.54, 1.807) is 6.92 Å². The summed E-state index contributed by atoms with van der Waals surface area (Å²) >= 11 is 0. The molecular weight excluding hydrogens is 218 g/mol. The summed E-state index contributed by atoms with van der Waals surface area (Å²) in [7, 11) is 0. The molecule has 1 rings (SSSR count). The zero-order valence-corrected chi connectivity index (χ0v) is 10.4. The predicted octanol–water partition coefficient (Wildman–Crippen LogP) is 0.396. The smallest absolute Gasteiger partial charge is 0.256 e. The van der Waals surface area contributed by atoms with Gasteiger partial charge in [-0.15, -0.1) is 0 Å². The molecule has 0 aliphatic heterocycles. The second-order valence-electron chi connectivity index (χ2n) is 4.51. The minimum atomic E-state index is -0.387. The maximum atomic E-state index is 11.7. The SMILES string of the molecule is Cc1cc(=O)c(C(=O)NCC(N)C(C)C)c[nH]1. The summed E-state index contributed by atoms with van der Waals surface area (Å²) in [6.45, 7) is 6.09. The fourth-order valence-corrected chi connectivity index (χ4v) is 1.29. The molecule has 1 atom stereocenters. The zero-order valence-electron chi connectivity index (χ0n) is 10.4. The van der Waals surface area contributed by atoms with Crippen LogP contribution in [0.5, 0.6) is 0 Å². The molecule has 0 saturated carbocycles. The first-order valence-electron chi connectivity index (χ1n) is 5.65. The van der Waals surface area contributed by atoms with Gasteiger partial charge in [0.05, 0.1) is 0 Å². The van der Waals surface area contributed by atoms with Crippen LogP contribution >= 0.6 is 0 Å². The maximum absolute atomic E-state index is 11.7. The third-order valence-electron chi connectivity index (χ3n) is 2.66. The number of rotatable bonds is 4. The summed E-state index contributed by atoms with van der Waals surface area (Å²) in [5.41, 5.74) is 6.37. The molecule has 0 spiro atoms. The highest BCUT2D eigenvalue weighted by Gasteiger charge is 2.13. The van der Waals surface area contributed by atoms with Crippen molar-refractivity contribution in [3.63, 3.8) is 0 Å². The van der Waals surface area contributed by atoms with Crippen molar-refractivity contribution in [3.05, 3.63) is 33.7 Å². The molecule has 1 amide bonds. The molecule has 0 radical (unpaired) electrons. The largest absolute Gasteiger partial charge is 0.364 e. The fourth-order valence-electron chi connectivity index (χ4n) is 1.29. The normalized spacial score (nSPS) is 12.5. The third kappa shape index (κ3) is 3.71. The number of pyridine rings is 1. The minimum absolute atomic E-state index is 0.108. The number of carbonyl (C=O) groups excluding carboxylic acids is 1. The third-order valence-corrected chi connectivity index (χ3v) is 2.66. The van der Waals surface area contributed by atoms with Crippen LogP contribution in [0.15, 0.2) is 17.1 Å². The van der Waals surface area contributed by atoms with E-state index in [1.807, 2.05) is 13.8 Å². The van der Waals surface area contributed by atoms with Crippen molar-refractivity contribution < 1.29 is 4.79 Å². The Balaban J connectivity index is 2.68. The molecule has 5 heteroatoms. The first kappa shape index (κ1) is 13.4. The monoisotopic (exact) mass is 237 g/mol. The van der Waals surface area contributed by atoms with Gasteiger partial charge in [0.15, 0.2) is 5.43 Å². The van der Waals surface area contributed by atoms with Crippen molar-refractivity contribution in [1.29, 1.82) is 0 Å². The van der Waals surface area contributed by atoms with Crippen molar-refractivity contribution in [2.24, 2.45) is 11.7 Å². The van der Waals surface area contributed by atoms with E-state index in [4.69, 9.17) is 5.73 Å². The van der Waals surface area contributed by atoms with Crippen LogP contribution in [0.4, 0.5) is 0 Å². The number of carbonyl (C=O) groups is 1. The van der Waals surface area contributed by atoms with Crippen LogP contribution in [0, 0.1) is 12.8 Å². The van der Waals surface area contributed by atoms with Crippen molar-refractivity contribution >= 4 is 5.91 Å². The molecule has 1 heterocycles. The van der Waals surface area contributed by atoms with E-state index in [9.17, 15) is 9.59 Å². The summed E-state index contributed by atoms with van der Waals surface area (Å²) in [5.74, 6) is -0.103. The van der Waals surface area contributed by atoms with E-state index in [2.05, 4.69) is 10.3 Å². The van der Waals surface area contributed by atoms with Gasteiger partial charge in [-0.2, -0.15) is 0 Å². The van der Waals surface area contributed by atoms with Crippen LogP contribution < -0.4 is 16.5 Å². The predicted molar refractivity (Wildman–Crippen MR) is 66.9 cm³/mol. The highest BCUT2D eigenvalue weighted by atomic mass is 16.2. The van der Waals surface area contributed by atoms with Gasteiger partial charge in [-0.1, -0.05) is 13.8 Å². The number of aryl methyl sites for hydroxylation is 1. The minimum Gasteiger partial charge on any atom is -0.364 e. The average Bonchev–Trinajstić information content (AvgIpc) is 2.25. The van der Waals surface area contributed by atoms with E-state index in [0.29, 0.717) is 6.54 Å². The lowest BCUT2D eigenvalue weighted by Crippen LogP contribution is -2.41. The van der Waals surface area contributed by atoms with Gasteiger partial charge < -0.3 is 16.0 Å². The number of hydrogen-bond donors (Lipinski definition) is 3. The molecule has 1 unspecified atom stereocenters. The molecular formula is C12H19N3O2. The highest BCUT2D eigenvalue weighted by molar-refractivity contribution is 5.93. The van der Waals surface area contributed by atoms with Crippen molar-refractivity contribution in [2.45, 2.75) is 26.8 Å². The van der Waals surface area contributed by atoms with Gasteiger partial charge in [-0.25, -0.2) is 0 Å². The molecule has 0 bridgehead atoms. The molecule has 0 aromatic carbocycles. The lowest BCUT2D eigenvalue weighted by atomic mass is 10.1. The second-order valence-corrected chi connectivity index (χ2v) is 4.51. The Hall–Kier alpha value is -1.62. The Kier molecular flexibility index (Phi) is 4.45. The Labute approximate surface area is 100 Å². The van der Waals surface area contributed by atoms with Crippen LogP contribution in [0.1, 0.15) is 29.9 Å². The molecule has 0 aliphatic carbocycles. The first-order chi connectivity index (χ1) is 7.91.